The Morgan fingerprint density at radius 2 is 1.33 bits per heavy atom. The van der Waals surface area contributed by atoms with Crippen molar-refractivity contribution in [2.45, 2.75) is 126 Å². The molecular formula is C31H52O2. The molecule has 0 aliphatic heterocycles. The topological polar surface area (TPSA) is 26.3 Å². The Morgan fingerprint density at radius 1 is 0.727 bits per heavy atom. The molecule has 0 unspecified atom stereocenters. The summed E-state index contributed by atoms with van der Waals surface area (Å²) in [5, 5.41) is 0. The fourth-order valence-corrected chi connectivity index (χ4v) is 11.3. The lowest BCUT2D eigenvalue weighted by Crippen LogP contribution is -2.68. The second-order valence-corrected chi connectivity index (χ2v) is 15.6. The molecule has 0 N–H and O–H groups in total. The number of carbonyl (C=O) groups excluding carboxylic acids is 1. The van der Waals surface area contributed by atoms with Gasteiger partial charge < -0.3 is 4.74 Å². The number of carbonyl (C=O) groups is 1. The van der Waals surface area contributed by atoms with Gasteiger partial charge in [0, 0.05) is 13.0 Å². The molecule has 5 aliphatic rings. The molecule has 2 nitrogen and oxygen atoms in total. The Bertz CT molecular complexity index is 831. The number of hydrogen-bond donors (Lipinski definition) is 0. The third-order valence-corrected chi connectivity index (χ3v) is 14.0. The Labute approximate surface area is 204 Å². The molecule has 5 fully saturated rings. The molecular weight excluding hydrogens is 404 g/mol. The molecule has 0 bridgehead atoms. The number of rotatable bonds is 1. The molecule has 5 rings (SSSR count). The summed E-state index contributed by atoms with van der Waals surface area (Å²) >= 11 is 0. The van der Waals surface area contributed by atoms with Gasteiger partial charge in [0.1, 0.15) is 6.10 Å². The van der Waals surface area contributed by atoms with Crippen molar-refractivity contribution in [1.82, 2.24) is 0 Å². The van der Waals surface area contributed by atoms with Gasteiger partial charge in [-0.2, -0.15) is 0 Å². The third kappa shape index (κ3) is 2.97. The van der Waals surface area contributed by atoms with Crippen molar-refractivity contribution in [3.63, 3.8) is 0 Å². The Kier molecular flexibility index (Phi) is 5.24. The molecule has 0 spiro atoms. The highest BCUT2D eigenvalue weighted by Crippen LogP contribution is 2.78. The largest absolute Gasteiger partial charge is 0.374 e. The molecule has 0 amide bonds. The predicted octanol–water partition coefficient (Wildman–Crippen LogP) is 8.08. The van der Waals surface area contributed by atoms with Crippen molar-refractivity contribution >= 4 is 5.78 Å². The van der Waals surface area contributed by atoms with Crippen LogP contribution in [0.5, 0.6) is 0 Å². The first kappa shape index (κ1) is 24.3. The van der Waals surface area contributed by atoms with Gasteiger partial charge in [-0.1, -0.05) is 55.4 Å². The van der Waals surface area contributed by atoms with Crippen LogP contribution in [0.25, 0.3) is 0 Å². The quantitative estimate of drug-likeness (QED) is 0.398. The number of ketones is 1. The first-order valence-electron chi connectivity index (χ1n) is 14.2. The third-order valence-electron chi connectivity index (χ3n) is 14.0. The lowest BCUT2D eigenvalue weighted by atomic mass is 9.30. The minimum atomic E-state index is -0.191. The molecule has 0 heterocycles. The number of Topliss-reactive ketones (excluding diaryl/α,β-unsaturated/α-hetero) is 1. The van der Waals surface area contributed by atoms with Crippen LogP contribution in [0, 0.1) is 56.2 Å². The van der Waals surface area contributed by atoms with Crippen molar-refractivity contribution in [3.05, 3.63) is 0 Å². The van der Waals surface area contributed by atoms with E-state index in [-0.39, 0.29) is 17.4 Å². The van der Waals surface area contributed by atoms with Crippen molar-refractivity contribution in [2.24, 2.45) is 56.2 Å². The van der Waals surface area contributed by atoms with E-state index < -0.39 is 0 Å². The van der Waals surface area contributed by atoms with Gasteiger partial charge in [-0.15, -0.1) is 0 Å². The zero-order chi connectivity index (χ0) is 24.2. The van der Waals surface area contributed by atoms with Gasteiger partial charge in [0.15, 0.2) is 5.78 Å². The highest BCUT2D eigenvalue weighted by Gasteiger charge is 2.71. The molecule has 0 aromatic carbocycles. The monoisotopic (exact) mass is 456 g/mol. The summed E-state index contributed by atoms with van der Waals surface area (Å²) in [4.78, 5) is 13.2. The normalized spacial score (nSPS) is 58.0. The van der Waals surface area contributed by atoms with Crippen LogP contribution in [0.4, 0.5) is 0 Å². The van der Waals surface area contributed by atoms with E-state index in [1.807, 2.05) is 0 Å². The Balaban J connectivity index is 1.55. The first-order valence-corrected chi connectivity index (χ1v) is 14.2. The highest BCUT2D eigenvalue weighted by molar-refractivity contribution is 5.87. The molecule has 0 aromatic heterocycles. The second-order valence-electron chi connectivity index (χ2n) is 15.6. The van der Waals surface area contributed by atoms with Crippen LogP contribution in [0.1, 0.15) is 120 Å². The van der Waals surface area contributed by atoms with E-state index in [1.54, 1.807) is 7.11 Å². The van der Waals surface area contributed by atoms with Crippen LogP contribution in [0.2, 0.25) is 0 Å². The lowest BCUT2D eigenvalue weighted by Gasteiger charge is -2.75. The van der Waals surface area contributed by atoms with Gasteiger partial charge in [-0.3, -0.25) is 4.79 Å². The summed E-state index contributed by atoms with van der Waals surface area (Å²) < 4.78 is 5.80. The van der Waals surface area contributed by atoms with Gasteiger partial charge >= 0.3 is 0 Å². The summed E-state index contributed by atoms with van der Waals surface area (Å²) in [6, 6.07) is 0. The zero-order valence-corrected chi connectivity index (χ0v) is 23.3. The van der Waals surface area contributed by atoms with Gasteiger partial charge in [0.25, 0.3) is 0 Å². The van der Waals surface area contributed by atoms with E-state index >= 15 is 0 Å². The zero-order valence-electron chi connectivity index (χ0n) is 23.3. The average molecular weight is 457 g/mol. The predicted molar refractivity (Wildman–Crippen MR) is 136 cm³/mol. The first-order chi connectivity index (χ1) is 15.2. The van der Waals surface area contributed by atoms with Gasteiger partial charge in [0.05, 0.1) is 0 Å². The standard InChI is InChI=1S/C31H52O2/c1-20-25(32)21(33-9)18-23-28(20,5)11-10-22-29(23,6)15-17-31(8)24-19-26(2,3)12-13-27(24,4)14-16-30(22,31)7/h20-24H,10-19H2,1-9H3/t20-,21-,22+,23+,24-,27+,28+,29-,30+,31-/m0/s1. The second kappa shape index (κ2) is 7.10. The Hall–Kier alpha value is -0.370. The van der Waals surface area contributed by atoms with Crippen molar-refractivity contribution < 1.29 is 9.53 Å². The van der Waals surface area contributed by atoms with E-state index in [2.05, 4.69) is 55.4 Å². The van der Waals surface area contributed by atoms with E-state index in [0.29, 0.717) is 38.8 Å². The maximum atomic E-state index is 13.2. The van der Waals surface area contributed by atoms with Crippen molar-refractivity contribution in [3.8, 4) is 0 Å². The van der Waals surface area contributed by atoms with Crippen molar-refractivity contribution in [2.75, 3.05) is 7.11 Å². The van der Waals surface area contributed by atoms with Crippen molar-refractivity contribution in [1.29, 1.82) is 0 Å². The van der Waals surface area contributed by atoms with Crippen LogP contribution in [-0.2, 0) is 9.53 Å². The summed E-state index contributed by atoms with van der Waals surface area (Å²) in [7, 11) is 1.76. The summed E-state index contributed by atoms with van der Waals surface area (Å²) in [5.74, 6) is 2.70. The van der Waals surface area contributed by atoms with E-state index in [4.69, 9.17) is 4.74 Å². The fraction of sp³-hybridized carbons (Fsp3) is 0.968. The maximum Gasteiger partial charge on any atom is 0.164 e. The molecule has 2 heteroatoms. The van der Waals surface area contributed by atoms with Gasteiger partial charge in [-0.25, -0.2) is 0 Å². The van der Waals surface area contributed by atoms with Crippen LogP contribution in [0.15, 0.2) is 0 Å². The summed E-state index contributed by atoms with van der Waals surface area (Å²) in [5.41, 5.74) is 2.33. The van der Waals surface area contributed by atoms with Crippen LogP contribution < -0.4 is 0 Å². The lowest BCUT2D eigenvalue weighted by molar-refractivity contribution is -0.260. The van der Waals surface area contributed by atoms with E-state index in [1.165, 1.54) is 57.8 Å². The average Bonchev–Trinajstić information content (AvgIpc) is 2.75. The number of ether oxygens (including phenoxy) is 1. The Morgan fingerprint density at radius 3 is 2.00 bits per heavy atom. The number of fused-ring (bicyclic) bond motifs is 7. The summed E-state index contributed by atoms with van der Waals surface area (Å²) in [6.45, 7) is 20.5. The maximum absolute atomic E-state index is 13.2. The van der Waals surface area contributed by atoms with Crippen LogP contribution >= 0.6 is 0 Å². The molecule has 188 valence electrons. The van der Waals surface area contributed by atoms with E-state index in [9.17, 15) is 4.79 Å². The SMILES string of the molecule is CO[C@H]1C[C@@H]2[C@](C)(CC[C@@H]3[C@]2(C)CC[C@@]2(C)[C@H]4CC(C)(C)CC[C@]4(C)CC[C@]32C)[C@@H](C)C1=O. The van der Waals surface area contributed by atoms with Gasteiger partial charge in [0.2, 0.25) is 0 Å². The van der Waals surface area contributed by atoms with Gasteiger partial charge in [-0.05, 0) is 114 Å². The molecule has 0 aromatic rings. The minimum absolute atomic E-state index is 0.119. The highest BCUT2D eigenvalue weighted by atomic mass is 16.5. The number of methoxy groups -OCH3 is 1. The summed E-state index contributed by atoms with van der Waals surface area (Å²) in [6.07, 6.45) is 13.1. The molecule has 0 saturated heterocycles. The smallest absolute Gasteiger partial charge is 0.164 e. The minimum Gasteiger partial charge on any atom is -0.374 e. The molecule has 5 saturated carbocycles. The van der Waals surface area contributed by atoms with E-state index in [0.717, 1.165) is 18.3 Å². The molecule has 0 radical (unpaired) electrons. The fourth-order valence-electron chi connectivity index (χ4n) is 11.3. The van der Waals surface area contributed by atoms with Crippen LogP contribution in [0.3, 0.4) is 0 Å². The molecule has 10 atom stereocenters. The molecule has 33 heavy (non-hydrogen) atoms. The number of hydrogen-bond acceptors (Lipinski definition) is 2. The van der Waals surface area contributed by atoms with Crippen LogP contribution in [-0.4, -0.2) is 19.0 Å². The molecule has 5 aliphatic carbocycles.